The lowest BCUT2D eigenvalue weighted by Gasteiger charge is -2.43. The molecule has 2 aromatic carbocycles. The van der Waals surface area contributed by atoms with E-state index >= 15 is 0 Å². The second-order valence-electron chi connectivity index (χ2n) is 9.31. The first-order chi connectivity index (χ1) is 16.8. The van der Waals surface area contributed by atoms with Crippen LogP contribution in [0.4, 0.5) is 11.4 Å². The molecule has 1 fully saturated rings. The number of ether oxygens (including phenoxy) is 1. The standard InChI is InChI=1S/C26H29N5O3S/c1-17(24(32)31-21-11-7-6-10-20(21)28-25(33)26(31,2)3)35-23-18-8-4-5-9-19(18)27-22(29-23)16-30-12-14-34-15-13-30/h4-11,17H,12-16H2,1-3H3,(H,28,33)/t17-/m0/s1. The number of para-hydroxylation sites is 3. The lowest BCUT2D eigenvalue weighted by atomic mass is 9.96. The third kappa shape index (κ3) is 4.63. The van der Waals surface area contributed by atoms with Crippen molar-refractivity contribution < 1.29 is 14.3 Å². The van der Waals surface area contributed by atoms with Crippen LogP contribution < -0.4 is 10.2 Å². The summed E-state index contributed by atoms with van der Waals surface area (Å²) >= 11 is 1.41. The molecular weight excluding hydrogens is 462 g/mol. The van der Waals surface area contributed by atoms with Crippen molar-refractivity contribution in [1.82, 2.24) is 14.9 Å². The summed E-state index contributed by atoms with van der Waals surface area (Å²) in [6.07, 6.45) is 0. The van der Waals surface area contributed by atoms with Gasteiger partial charge in [-0.1, -0.05) is 42.1 Å². The van der Waals surface area contributed by atoms with Crippen LogP contribution in [0, 0.1) is 0 Å². The molecule has 0 bridgehead atoms. The number of rotatable bonds is 5. The van der Waals surface area contributed by atoms with Crippen LogP contribution in [0.2, 0.25) is 0 Å². The third-order valence-corrected chi connectivity index (χ3v) is 7.54. The maximum absolute atomic E-state index is 13.8. The Kier molecular flexibility index (Phi) is 6.48. The molecule has 2 aliphatic heterocycles. The molecule has 9 heteroatoms. The van der Waals surface area contributed by atoms with Gasteiger partial charge in [0, 0.05) is 18.5 Å². The summed E-state index contributed by atoms with van der Waals surface area (Å²) < 4.78 is 5.46. The topological polar surface area (TPSA) is 87.7 Å². The Balaban J connectivity index is 1.45. The number of nitrogens with zero attached hydrogens (tertiary/aromatic N) is 4. The fourth-order valence-corrected chi connectivity index (χ4v) is 5.46. The van der Waals surface area contributed by atoms with Crippen molar-refractivity contribution in [3.05, 3.63) is 54.4 Å². The number of amides is 2. The van der Waals surface area contributed by atoms with Crippen molar-refractivity contribution in [3.8, 4) is 0 Å². The largest absolute Gasteiger partial charge is 0.379 e. The number of anilines is 2. The van der Waals surface area contributed by atoms with Crippen molar-refractivity contribution in [2.45, 2.75) is 43.1 Å². The van der Waals surface area contributed by atoms with Gasteiger partial charge in [-0.3, -0.25) is 19.4 Å². The number of carbonyl (C=O) groups is 2. The highest BCUT2D eigenvalue weighted by Crippen LogP contribution is 2.39. The first-order valence-electron chi connectivity index (χ1n) is 11.8. The van der Waals surface area contributed by atoms with Gasteiger partial charge < -0.3 is 10.1 Å². The molecule has 0 radical (unpaired) electrons. The summed E-state index contributed by atoms with van der Waals surface area (Å²) in [5, 5.41) is 4.14. The molecule has 0 saturated carbocycles. The van der Waals surface area contributed by atoms with Gasteiger partial charge in [0.2, 0.25) is 11.8 Å². The van der Waals surface area contributed by atoms with Crippen LogP contribution >= 0.6 is 11.8 Å². The molecule has 1 N–H and O–H groups in total. The Morgan fingerprint density at radius 1 is 1.11 bits per heavy atom. The van der Waals surface area contributed by atoms with Crippen molar-refractivity contribution in [2.75, 3.05) is 36.5 Å². The molecule has 1 atom stereocenters. The van der Waals surface area contributed by atoms with Gasteiger partial charge in [0.05, 0.1) is 41.9 Å². The van der Waals surface area contributed by atoms with Crippen molar-refractivity contribution >= 4 is 45.9 Å². The van der Waals surface area contributed by atoms with E-state index in [0.717, 1.165) is 34.8 Å². The van der Waals surface area contributed by atoms with Crippen LogP contribution in [-0.2, 0) is 20.9 Å². The second-order valence-corrected chi connectivity index (χ2v) is 10.6. The Morgan fingerprint density at radius 2 is 1.83 bits per heavy atom. The molecule has 1 aromatic heterocycles. The van der Waals surface area contributed by atoms with Gasteiger partial charge in [-0.15, -0.1) is 0 Å². The predicted molar refractivity (Wildman–Crippen MR) is 138 cm³/mol. The predicted octanol–water partition coefficient (Wildman–Crippen LogP) is 3.71. The molecule has 0 unspecified atom stereocenters. The molecule has 0 aliphatic carbocycles. The molecule has 3 aromatic rings. The summed E-state index contributed by atoms with van der Waals surface area (Å²) in [4.78, 5) is 40.2. The lowest BCUT2D eigenvalue weighted by Crippen LogP contribution is -2.60. The molecule has 0 spiro atoms. The van der Waals surface area contributed by atoms with Crippen LogP contribution in [0.25, 0.3) is 10.9 Å². The number of carbonyl (C=O) groups excluding carboxylic acids is 2. The van der Waals surface area contributed by atoms with E-state index in [0.29, 0.717) is 31.1 Å². The maximum atomic E-state index is 13.8. The highest BCUT2D eigenvalue weighted by molar-refractivity contribution is 8.00. The number of fused-ring (bicyclic) bond motifs is 2. The number of morpholine rings is 1. The molecule has 5 rings (SSSR count). The Morgan fingerprint density at radius 3 is 2.63 bits per heavy atom. The van der Waals surface area contributed by atoms with Gasteiger partial charge in [-0.05, 0) is 39.0 Å². The SMILES string of the molecule is C[C@H](Sc1nc(CN2CCOCC2)nc2ccccc12)C(=O)N1c2ccccc2NC(=O)C1(C)C. The summed E-state index contributed by atoms with van der Waals surface area (Å²) in [7, 11) is 0. The zero-order chi connectivity index (χ0) is 24.6. The van der Waals surface area contributed by atoms with Gasteiger partial charge >= 0.3 is 0 Å². The average Bonchev–Trinajstić information content (AvgIpc) is 2.85. The van der Waals surface area contributed by atoms with Crippen LogP contribution in [0.5, 0.6) is 0 Å². The Hall–Kier alpha value is -3.01. The minimum Gasteiger partial charge on any atom is -0.379 e. The van der Waals surface area contributed by atoms with Crippen LogP contribution in [0.1, 0.15) is 26.6 Å². The summed E-state index contributed by atoms with van der Waals surface area (Å²) in [5.41, 5.74) is 1.18. The first kappa shape index (κ1) is 23.7. The van der Waals surface area contributed by atoms with E-state index in [1.165, 1.54) is 11.8 Å². The molecule has 3 heterocycles. The fraction of sp³-hybridized carbons (Fsp3) is 0.385. The van der Waals surface area contributed by atoms with Gasteiger partial charge in [-0.2, -0.15) is 0 Å². The molecular formula is C26H29N5O3S. The van der Waals surface area contributed by atoms with E-state index in [1.54, 1.807) is 18.7 Å². The van der Waals surface area contributed by atoms with Crippen LogP contribution in [0.15, 0.2) is 53.6 Å². The minimum absolute atomic E-state index is 0.139. The number of benzene rings is 2. The maximum Gasteiger partial charge on any atom is 0.250 e. The molecule has 182 valence electrons. The van der Waals surface area contributed by atoms with Gasteiger partial charge in [0.15, 0.2) is 0 Å². The summed E-state index contributed by atoms with van der Waals surface area (Å²) in [6, 6.07) is 15.3. The lowest BCUT2D eigenvalue weighted by molar-refractivity contribution is -0.126. The Labute approximate surface area is 209 Å². The van der Waals surface area contributed by atoms with E-state index in [1.807, 2.05) is 55.5 Å². The zero-order valence-electron chi connectivity index (χ0n) is 20.2. The third-order valence-electron chi connectivity index (χ3n) is 6.45. The highest BCUT2D eigenvalue weighted by atomic mass is 32.2. The van der Waals surface area contributed by atoms with Gasteiger partial charge in [-0.25, -0.2) is 9.97 Å². The van der Waals surface area contributed by atoms with E-state index in [2.05, 4.69) is 10.2 Å². The Bertz CT molecular complexity index is 1270. The molecule has 35 heavy (non-hydrogen) atoms. The van der Waals surface area contributed by atoms with E-state index in [-0.39, 0.29) is 11.8 Å². The van der Waals surface area contributed by atoms with Gasteiger partial charge in [0.25, 0.3) is 0 Å². The van der Waals surface area contributed by atoms with E-state index < -0.39 is 10.8 Å². The van der Waals surface area contributed by atoms with E-state index in [9.17, 15) is 9.59 Å². The minimum atomic E-state index is -1.02. The molecule has 1 saturated heterocycles. The number of hydrogen-bond donors (Lipinski definition) is 1. The quantitative estimate of drug-likeness (QED) is 0.430. The van der Waals surface area contributed by atoms with E-state index in [4.69, 9.17) is 14.7 Å². The molecule has 8 nitrogen and oxygen atoms in total. The van der Waals surface area contributed by atoms with Gasteiger partial charge in [0.1, 0.15) is 16.4 Å². The number of thioether (sulfide) groups is 1. The average molecular weight is 492 g/mol. The van der Waals surface area contributed by atoms with Crippen LogP contribution in [-0.4, -0.2) is 63.8 Å². The van der Waals surface area contributed by atoms with Crippen LogP contribution in [0.3, 0.4) is 0 Å². The number of aromatic nitrogens is 2. The summed E-state index contributed by atoms with van der Waals surface area (Å²) in [6.45, 7) is 9.16. The summed E-state index contributed by atoms with van der Waals surface area (Å²) in [5.74, 6) is 0.387. The molecule has 2 aliphatic rings. The molecule has 2 amide bonds. The number of nitrogens with one attached hydrogen (secondary N) is 1. The second kappa shape index (κ2) is 9.56. The van der Waals surface area contributed by atoms with Crippen molar-refractivity contribution in [1.29, 1.82) is 0 Å². The normalized spacial score (nSPS) is 18.7. The first-order valence-corrected chi connectivity index (χ1v) is 12.7. The smallest absolute Gasteiger partial charge is 0.250 e. The number of hydrogen-bond acceptors (Lipinski definition) is 7. The monoisotopic (exact) mass is 491 g/mol. The zero-order valence-corrected chi connectivity index (χ0v) is 21.0. The fourth-order valence-electron chi connectivity index (χ4n) is 4.46. The van der Waals surface area contributed by atoms with Crippen molar-refractivity contribution in [3.63, 3.8) is 0 Å². The van der Waals surface area contributed by atoms with Crippen molar-refractivity contribution in [2.24, 2.45) is 0 Å². The highest BCUT2D eigenvalue weighted by Gasteiger charge is 2.44.